The highest BCUT2D eigenvalue weighted by Crippen LogP contribution is 2.22. The summed E-state index contributed by atoms with van der Waals surface area (Å²) in [5.74, 6) is 0.837. The van der Waals surface area contributed by atoms with Crippen molar-refractivity contribution in [1.82, 2.24) is 5.32 Å². The van der Waals surface area contributed by atoms with Crippen molar-refractivity contribution in [2.24, 2.45) is 0 Å². The van der Waals surface area contributed by atoms with Crippen molar-refractivity contribution in [3.05, 3.63) is 23.8 Å². The fraction of sp³-hybridized carbons (Fsp3) is 0.455. The van der Waals surface area contributed by atoms with Crippen LogP contribution in [0, 0.1) is 0 Å². The minimum atomic E-state index is -0.784. The standard InChI is InChI=1S/C11H17NO4/c1-16-10-2-3-11(15)8(4-10)5-12-6-9(14)7-13/h2-4,9,12-15H,5-7H2,1H3/t9-/m1/s1. The zero-order chi connectivity index (χ0) is 12.0. The molecule has 0 aliphatic rings. The van der Waals surface area contributed by atoms with Crippen LogP contribution in [0.4, 0.5) is 0 Å². The lowest BCUT2D eigenvalue weighted by atomic mass is 10.2. The van der Waals surface area contributed by atoms with Gasteiger partial charge in [-0.3, -0.25) is 0 Å². The lowest BCUT2D eigenvalue weighted by molar-refractivity contribution is 0.0942. The molecule has 0 unspecified atom stereocenters. The van der Waals surface area contributed by atoms with Crippen LogP contribution in [-0.2, 0) is 6.54 Å². The van der Waals surface area contributed by atoms with Gasteiger partial charge in [0.25, 0.3) is 0 Å². The van der Waals surface area contributed by atoms with E-state index in [1.807, 2.05) is 0 Å². The van der Waals surface area contributed by atoms with E-state index < -0.39 is 6.10 Å². The number of ether oxygens (including phenoxy) is 1. The lowest BCUT2D eigenvalue weighted by Crippen LogP contribution is -2.28. The lowest BCUT2D eigenvalue weighted by Gasteiger charge is -2.10. The summed E-state index contributed by atoms with van der Waals surface area (Å²) in [6.45, 7) is 0.393. The Hall–Kier alpha value is -1.30. The van der Waals surface area contributed by atoms with Crippen LogP contribution in [-0.4, -0.2) is 41.7 Å². The third kappa shape index (κ3) is 3.69. The Bertz CT molecular complexity index is 330. The second kappa shape index (κ2) is 6.32. The van der Waals surface area contributed by atoms with Crippen molar-refractivity contribution in [2.75, 3.05) is 20.3 Å². The van der Waals surface area contributed by atoms with Gasteiger partial charge in [-0.05, 0) is 18.2 Å². The number of aliphatic hydroxyl groups is 2. The first-order valence-electron chi connectivity index (χ1n) is 5.03. The van der Waals surface area contributed by atoms with E-state index in [9.17, 15) is 5.11 Å². The average molecular weight is 227 g/mol. The maximum atomic E-state index is 9.55. The predicted octanol–water partition coefficient (Wildman–Crippen LogP) is -0.156. The van der Waals surface area contributed by atoms with Gasteiger partial charge in [0.2, 0.25) is 0 Å². The molecule has 5 nitrogen and oxygen atoms in total. The van der Waals surface area contributed by atoms with E-state index in [-0.39, 0.29) is 18.9 Å². The zero-order valence-corrected chi connectivity index (χ0v) is 9.18. The molecular weight excluding hydrogens is 210 g/mol. The Kier molecular flexibility index (Phi) is 5.04. The molecule has 0 aliphatic carbocycles. The molecule has 0 bridgehead atoms. The van der Waals surface area contributed by atoms with Crippen LogP contribution < -0.4 is 10.1 Å². The molecule has 1 aromatic rings. The molecule has 0 heterocycles. The number of benzene rings is 1. The minimum Gasteiger partial charge on any atom is -0.508 e. The normalized spacial score (nSPS) is 12.4. The topological polar surface area (TPSA) is 82.0 Å². The number of aromatic hydroxyl groups is 1. The summed E-state index contributed by atoms with van der Waals surface area (Å²) in [7, 11) is 1.55. The minimum absolute atomic E-state index is 0.173. The van der Waals surface area contributed by atoms with Crippen molar-refractivity contribution >= 4 is 0 Å². The molecule has 0 spiro atoms. The number of nitrogens with one attached hydrogen (secondary N) is 1. The van der Waals surface area contributed by atoms with Gasteiger partial charge in [-0.2, -0.15) is 0 Å². The van der Waals surface area contributed by atoms with E-state index in [0.717, 1.165) is 0 Å². The van der Waals surface area contributed by atoms with Crippen LogP contribution in [0.1, 0.15) is 5.56 Å². The molecule has 0 aliphatic heterocycles. The van der Waals surface area contributed by atoms with Crippen LogP contribution in [0.3, 0.4) is 0 Å². The molecule has 0 amide bonds. The van der Waals surface area contributed by atoms with Crippen molar-refractivity contribution in [1.29, 1.82) is 0 Å². The molecular formula is C11H17NO4. The van der Waals surface area contributed by atoms with Gasteiger partial charge in [-0.15, -0.1) is 0 Å². The van der Waals surface area contributed by atoms with Crippen LogP contribution in [0.25, 0.3) is 0 Å². The van der Waals surface area contributed by atoms with Gasteiger partial charge < -0.3 is 25.4 Å². The summed E-state index contributed by atoms with van der Waals surface area (Å²) in [5, 5.41) is 30.2. The van der Waals surface area contributed by atoms with Gasteiger partial charge in [0, 0.05) is 18.7 Å². The van der Waals surface area contributed by atoms with E-state index >= 15 is 0 Å². The number of phenols is 1. The quantitative estimate of drug-likeness (QED) is 0.543. The summed E-state index contributed by atoms with van der Waals surface area (Å²) in [5.41, 5.74) is 0.685. The molecule has 1 rings (SSSR count). The smallest absolute Gasteiger partial charge is 0.120 e. The molecule has 4 N–H and O–H groups in total. The van der Waals surface area contributed by atoms with Crippen molar-refractivity contribution < 1.29 is 20.1 Å². The SMILES string of the molecule is COc1ccc(O)c(CNC[C@@H](O)CO)c1. The number of methoxy groups -OCH3 is 1. The fourth-order valence-corrected chi connectivity index (χ4v) is 1.27. The summed E-state index contributed by atoms with van der Waals surface area (Å²) in [4.78, 5) is 0. The van der Waals surface area contributed by atoms with Gasteiger partial charge >= 0.3 is 0 Å². The number of hydrogen-bond donors (Lipinski definition) is 4. The zero-order valence-electron chi connectivity index (χ0n) is 9.18. The summed E-state index contributed by atoms with van der Waals surface area (Å²) in [6, 6.07) is 4.94. The van der Waals surface area contributed by atoms with E-state index in [0.29, 0.717) is 17.9 Å². The maximum absolute atomic E-state index is 9.55. The van der Waals surface area contributed by atoms with E-state index in [1.165, 1.54) is 0 Å². The number of aliphatic hydroxyl groups excluding tert-OH is 2. The van der Waals surface area contributed by atoms with Crippen LogP contribution in [0.15, 0.2) is 18.2 Å². The fourth-order valence-electron chi connectivity index (χ4n) is 1.27. The van der Waals surface area contributed by atoms with Crippen LogP contribution >= 0.6 is 0 Å². The van der Waals surface area contributed by atoms with Crippen molar-refractivity contribution in [3.63, 3.8) is 0 Å². The predicted molar refractivity (Wildman–Crippen MR) is 59.5 cm³/mol. The number of phenolic OH excluding ortho intramolecular Hbond substituents is 1. The molecule has 1 atom stereocenters. The first-order chi connectivity index (χ1) is 7.67. The van der Waals surface area contributed by atoms with E-state index in [4.69, 9.17) is 14.9 Å². The molecule has 1 aromatic carbocycles. The van der Waals surface area contributed by atoms with Gasteiger partial charge in [0.15, 0.2) is 0 Å². The summed E-state index contributed by atoms with van der Waals surface area (Å²) in [6.07, 6.45) is -0.784. The largest absolute Gasteiger partial charge is 0.508 e. The highest BCUT2D eigenvalue weighted by molar-refractivity contribution is 5.39. The second-order valence-corrected chi connectivity index (χ2v) is 3.46. The highest BCUT2D eigenvalue weighted by atomic mass is 16.5. The second-order valence-electron chi connectivity index (χ2n) is 3.46. The Morgan fingerprint density at radius 1 is 1.44 bits per heavy atom. The van der Waals surface area contributed by atoms with Gasteiger partial charge in [0.1, 0.15) is 11.5 Å². The van der Waals surface area contributed by atoms with Crippen molar-refractivity contribution in [2.45, 2.75) is 12.6 Å². The maximum Gasteiger partial charge on any atom is 0.120 e. The monoisotopic (exact) mass is 227 g/mol. The van der Waals surface area contributed by atoms with Crippen LogP contribution in [0.2, 0.25) is 0 Å². The highest BCUT2D eigenvalue weighted by Gasteiger charge is 2.05. The molecule has 0 saturated carbocycles. The third-order valence-electron chi connectivity index (χ3n) is 2.19. The Labute approximate surface area is 94.3 Å². The molecule has 0 saturated heterocycles. The van der Waals surface area contributed by atoms with Crippen molar-refractivity contribution in [3.8, 4) is 11.5 Å². The summed E-state index contributed by atoms with van der Waals surface area (Å²) < 4.78 is 5.03. The molecule has 90 valence electrons. The summed E-state index contributed by atoms with van der Waals surface area (Å²) >= 11 is 0. The first-order valence-corrected chi connectivity index (χ1v) is 5.03. The molecule has 5 heteroatoms. The Morgan fingerprint density at radius 3 is 2.81 bits per heavy atom. The molecule has 16 heavy (non-hydrogen) atoms. The molecule has 0 fully saturated rings. The number of rotatable bonds is 6. The van der Waals surface area contributed by atoms with Gasteiger partial charge in [-0.1, -0.05) is 0 Å². The van der Waals surface area contributed by atoms with Crippen LogP contribution in [0.5, 0.6) is 11.5 Å². The van der Waals surface area contributed by atoms with Gasteiger partial charge in [-0.25, -0.2) is 0 Å². The first kappa shape index (κ1) is 12.8. The molecule has 0 aromatic heterocycles. The molecule has 0 radical (unpaired) electrons. The Morgan fingerprint density at radius 2 is 2.19 bits per heavy atom. The Balaban J connectivity index is 2.52. The van der Waals surface area contributed by atoms with Gasteiger partial charge in [0.05, 0.1) is 19.8 Å². The average Bonchev–Trinajstić information content (AvgIpc) is 2.31. The van der Waals surface area contributed by atoms with E-state index in [1.54, 1.807) is 25.3 Å². The third-order valence-corrected chi connectivity index (χ3v) is 2.19. The number of hydrogen-bond acceptors (Lipinski definition) is 5. The van der Waals surface area contributed by atoms with E-state index in [2.05, 4.69) is 5.32 Å².